The molecule has 0 saturated heterocycles. The number of amides is 2. The van der Waals surface area contributed by atoms with Crippen LogP contribution in [-0.2, 0) is 29.0 Å². The summed E-state index contributed by atoms with van der Waals surface area (Å²) in [5, 5.41) is 13.1. The molecule has 3 aromatic rings. The van der Waals surface area contributed by atoms with Crippen molar-refractivity contribution in [3.63, 3.8) is 0 Å². The number of H-pyrrole nitrogens is 1. The van der Waals surface area contributed by atoms with E-state index in [9.17, 15) is 9.59 Å². The Balaban J connectivity index is 1.36. The zero-order chi connectivity index (χ0) is 24.5. The van der Waals surface area contributed by atoms with Crippen molar-refractivity contribution in [2.24, 2.45) is 5.92 Å². The van der Waals surface area contributed by atoms with Gasteiger partial charge in [-0.25, -0.2) is 5.48 Å². The first kappa shape index (κ1) is 24.9. The minimum absolute atomic E-state index is 0.190. The Kier molecular flexibility index (Phi) is 8.92. The van der Waals surface area contributed by atoms with Crippen molar-refractivity contribution in [3.8, 4) is 0 Å². The number of hydroxylamine groups is 1. The number of hydrogen-bond donors (Lipinski definition) is 4. The van der Waals surface area contributed by atoms with Crippen LogP contribution in [0.5, 0.6) is 0 Å². The zero-order valence-electron chi connectivity index (χ0n) is 20.3. The Labute approximate surface area is 206 Å². The van der Waals surface area contributed by atoms with Gasteiger partial charge in [-0.2, -0.15) is 0 Å². The van der Waals surface area contributed by atoms with Gasteiger partial charge in [-0.3, -0.25) is 19.7 Å². The number of nitrogens with one attached hydrogen (secondary N) is 3. The standard InChI is InChI=1S/C28H36N4O3/c33-27(31-35)14-13-21-9-11-22(12-10-21)20-32(18-16-29-28(34)23-5-1-2-6-23)17-15-24-19-30-26-8-4-3-7-25(24)26/h3-4,7-12,19,23,30,35H,1-2,5-6,13-18,20H2,(H,29,34)(H,31,33). The fourth-order valence-corrected chi connectivity index (χ4v) is 4.94. The molecule has 0 atom stereocenters. The fourth-order valence-electron chi connectivity index (χ4n) is 4.94. The number of nitrogens with zero attached hydrogens (tertiary/aromatic N) is 1. The second kappa shape index (κ2) is 12.5. The third kappa shape index (κ3) is 7.16. The Morgan fingerprint density at radius 3 is 2.49 bits per heavy atom. The first-order valence-electron chi connectivity index (χ1n) is 12.7. The lowest BCUT2D eigenvalue weighted by atomic mass is 10.1. The van der Waals surface area contributed by atoms with Crippen molar-refractivity contribution in [2.75, 3.05) is 19.6 Å². The summed E-state index contributed by atoms with van der Waals surface area (Å²) in [4.78, 5) is 29.5. The maximum Gasteiger partial charge on any atom is 0.243 e. The van der Waals surface area contributed by atoms with E-state index in [2.05, 4.69) is 51.7 Å². The van der Waals surface area contributed by atoms with E-state index in [0.717, 1.165) is 62.8 Å². The van der Waals surface area contributed by atoms with Crippen LogP contribution in [0.1, 0.15) is 48.8 Å². The highest BCUT2D eigenvalue weighted by Gasteiger charge is 2.22. The van der Waals surface area contributed by atoms with E-state index in [1.807, 2.05) is 18.2 Å². The summed E-state index contributed by atoms with van der Waals surface area (Å²) in [5.41, 5.74) is 6.39. The molecule has 186 valence electrons. The van der Waals surface area contributed by atoms with Gasteiger partial charge in [0.2, 0.25) is 11.8 Å². The lowest BCUT2D eigenvalue weighted by molar-refractivity contribution is -0.129. The van der Waals surface area contributed by atoms with E-state index >= 15 is 0 Å². The number of aromatic nitrogens is 1. The van der Waals surface area contributed by atoms with Crippen LogP contribution in [0.2, 0.25) is 0 Å². The van der Waals surface area contributed by atoms with Gasteiger partial charge in [0, 0.05) is 55.6 Å². The van der Waals surface area contributed by atoms with Gasteiger partial charge < -0.3 is 10.3 Å². The quantitative estimate of drug-likeness (QED) is 0.235. The van der Waals surface area contributed by atoms with Crippen molar-refractivity contribution in [3.05, 3.63) is 71.4 Å². The number of rotatable bonds is 12. The highest BCUT2D eigenvalue weighted by atomic mass is 16.5. The molecule has 1 aromatic heterocycles. The lowest BCUT2D eigenvalue weighted by Crippen LogP contribution is -2.37. The molecule has 7 nitrogen and oxygen atoms in total. The molecular formula is C28H36N4O3. The van der Waals surface area contributed by atoms with Gasteiger partial charge in [-0.05, 0) is 48.4 Å². The second-order valence-corrected chi connectivity index (χ2v) is 9.51. The summed E-state index contributed by atoms with van der Waals surface area (Å²) in [5.74, 6) is 0.0164. The molecule has 1 fully saturated rings. The highest BCUT2D eigenvalue weighted by molar-refractivity contribution is 5.83. The molecule has 35 heavy (non-hydrogen) atoms. The SMILES string of the molecule is O=C(CCc1ccc(CN(CCNC(=O)C2CCCC2)CCc2c[nH]c3ccccc23)cc1)NO. The van der Waals surface area contributed by atoms with Gasteiger partial charge in [-0.1, -0.05) is 55.3 Å². The summed E-state index contributed by atoms with van der Waals surface area (Å²) in [7, 11) is 0. The molecule has 0 aliphatic heterocycles. The van der Waals surface area contributed by atoms with E-state index in [-0.39, 0.29) is 24.2 Å². The highest BCUT2D eigenvalue weighted by Crippen LogP contribution is 2.24. The normalized spacial score (nSPS) is 14.0. The number of hydrogen-bond acceptors (Lipinski definition) is 4. The number of carbonyl (C=O) groups is 2. The topological polar surface area (TPSA) is 97.5 Å². The van der Waals surface area contributed by atoms with Crippen molar-refractivity contribution in [2.45, 2.75) is 51.5 Å². The van der Waals surface area contributed by atoms with Gasteiger partial charge in [0.1, 0.15) is 0 Å². The molecule has 4 N–H and O–H groups in total. The smallest absolute Gasteiger partial charge is 0.243 e. The maximum atomic E-state index is 12.5. The van der Waals surface area contributed by atoms with Gasteiger partial charge >= 0.3 is 0 Å². The van der Waals surface area contributed by atoms with Crippen LogP contribution < -0.4 is 10.8 Å². The maximum absolute atomic E-state index is 12.5. The minimum atomic E-state index is -0.378. The number of para-hydroxylation sites is 1. The van der Waals surface area contributed by atoms with Gasteiger partial charge in [0.05, 0.1) is 0 Å². The van der Waals surface area contributed by atoms with Crippen molar-refractivity contribution < 1.29 is 14.8 Å². The Hall–Kier alpha value is -3.16. The summed E-state index contributed by atoms with van der Waals surface area (Å²) in [6, 6.07) is 16.6. The van der Waals surface area contributed by atoms with Crippen LogP contribution in [0, 0.1) is 5.92 Å². The van der Waals surface area contributed by atoms with Crippen LogP contribution >= 0.6 is 0 Å². The van der Waals surface area contributed by atoms with E-state index in [1.54, 1.807) is 5.48 Å². The third-order valence-corrected chi connectivity index (χ3v) is 7.02. The molecule has 1 heterocycles. The molecule has 0 radical (unpaired) electrons. The molecule has 7 heteroatoms. The van der Waals surface area contributed by atoms with Gasteiger partial charge in [0.15, 0.2) is 0 Å². The molecule has 2 aromatic carbocycles. The van der Waals surface area contributed by atoms with E-state index in [4.69, 9.17) is 5.21 Å². The Bertz CT molecular complexity index is 1100. The van der Waals surface area contributed by atoms with Crippen molar-refractivity contribution in [1.29, 1.82) is 0 Å². The lowest BCUT2D eigenvalue weighted by Gasteiger charge is -2.23. The molecule has 1 aliphatic rings. The fraction of sp³-hybridized carbons (Fsp3) is 0.429. The zero-order valence-corrected chi connectivity index (χ0v) is 20.3. The molecule has 0 unspecified atom stereocenters. The molecule has 1 saturated carbocycles. The van der Waals surface area contributed by atoms with Crippen molar-refractivity contribution in [1.82, 2.24) is 20.7 Å². The summed E-state index contributed by atoms with van der Waals surface area (Å²) in [6.07, 6.45) is 8.23. The van der Waals surface area contributed by atoms with E-state index in [0.29, 0.717) is 13.0 Å². The predicted octanol–water partition coefficient (Wildman–Crippen LogP) is 3.96. The largest absolute Gasteiger partial charge is 0.361 e. The first-order chi connectivity index (χ1) is 17.1. The molecular weight excluding hydrogens is 440 g/mol. The van der Waals surface area contributed by atoms with Crippen LogP contribution in [0.25, 0.3) is 10.9 Å². The monoisotopic (exact) mass is 476 g/mol. The van der Waals surface area contributed by atoms with Crippen LogP contribution in [0.15, 0.2) is 54.7 Å². The van der Waals surface area contributed by atoms with Gasteiger partial charge in [-0.15, -0.1) is 0 Å². The Morgan fingerprint density at radius 1 is 0.971 bits per heavy atom. The summed E-state index contributed by atoms with van der Waals surface area (Å²) in [6.45, 7) is 3.12. The number of aryl methyl sites for hydroxylation is 1. The second-order valence-electron chi connectivity index (χ2n) is 9.51. The average molecular weight is 477 g/mol. The van der Waals surface area contributed by atoms with Crippen molar-refractivity contribution >= 4 is 22.7 Å². The third-order valence-electron chi connectivity index (χ3n) is 7.02. The molecule has 0 spiro atoms. The number of benzene rings is 2. The average Bonchev–Trinajstić information content (AvgIpc) is 3.57. The van der Waals surface area contributed by atoms with Gasteiger partial charge in [0.25, 0.3) is 0 Å². The first-order valence-corrected chi connectivity index (χ1v) is 12.7. The van der Waals surface area contributed by atoms with Crippen LogP contribution in [0.3, 0.4) is 0 Å². The summed E-state index contributed by atoms with van der Waals surface area (Å²) < 4.78 is 0. The Morgan fingerprint density at radius 2 is 1.71 bits per heavy atom. The molecule has 1 aliphatic carbocycles. The molecule has 0 bridgehead atoms. The molecule has 4 rings (SSSR count). The number of fused-ring (bicyclic) bond motifs is 1. The summed E-state index contributed by atoms with van der Waals surface area (Å²) >= 11 is 0. The number of aromatic amines is 1. The van der Waals surface area contributed by atoms with Crippen LogP contribution in [-0.4, -0.2) is 46.5 Å². The van der Waals surface area contributed by atoms with Crippen LogP contribution in [0.4, 0.5) is 0 Å². The molecule has 2 amide bonds. The number of carbonyl (C=O) groups excluding carboxylic acids is 2. The minimum Gasteiger partial charge on any atom is -0.361 e. The van der Waals surface area contributed by atoms with E-state index < -0.39 is 0 Å². The van der Waals surface area contributed by atoms with E-state index in [1.165, 1.54) is 16.5 Å². The predicted molar refractivity (Wildman–Crippen MR) is 137 cm³/mol.